The molecule has 0 bridgehead atoms. The van der Waals surface area contributed by atoms with Gasteiger partial charge in [-0.05, 0) is 43.4 Å². The molecule has 1 aromatic heterocycles. The molecule has 0 unspecified atom stereocenters. The van der Waals surface area contributed by atoms with Gasteiger partial charge in [0.15, 0.2) is 0 Å². The van der Waals surface area contributed by atoms with Crippen molar-refractivity contribution in [1.82, 2.24) is 10.3 Å². The van der Waals surface area contributed by atoms with Crippen molar-refractivity contribution in [2.24, 2.45) is 0 Å². The lowest BCUT2D eigenvalue weighted by molar-refractivity contribution is -0.121. The summed E-state index contributed by atoms with van der Waals surface area (Å²) in [4.78, 5) is 26.4. The predicted octanol–water partition coefficient (Wildman–Crippen LogP) is 2.15. The van der Waals surface area contributed by atoms with Gasteiger partial charge in [-0.3, -0.25) is 9.59 Å². The van der Waals surface area contributed by atoms with E-state index in [2.05, 4.69) is 10.3 Å². The van der Waals surface area contributed by atoms with Crippen LogP contribution in [-0.4, -0.2) is 17.4 Å². The van der Waals surface area contributed by atoms with Crippen LogP contribution in [0.15, 0.2) is 35.1 Å². The summed E-state index contributed by atoms with van der Waals surface area (Å²) in [5, 5.41) is 12.0. The SMILES string of the molecule is Cc1[nH]c(=O)c(C#N)c(C)c1CCC(=O)NCCc1ccccc1. The van der Waals surface area contributed by atoms with Gasteiger partial charge >= 0.3 is 0 Å². The first kappa shape index (κ1) is 17.5. The van der Waals surface area contributed by atoms with E-state index in [1.807, 2.05) is 36.4 Å². The zero-order chi connectivity index (χ0) is 17.5. The minimum absolute atomic E-state index is 0.0329. The number of aromatic amines is 1. The molecule has 0 atom stereocenters. The molecule has 2 N–H and O–H groups in total. The molecule has 1 heterocycles. The number of aromatic nitrogens is 1. The maximum absolute atomic E-state index is 12.0. The van der Waals surface area contributed by atoms with Crippen molar-refractivity contribution in [1.29, 1.82) is 5.26 Å². The molecule has 1 amide bonds. The fourth-order valence-electron chi connectivity index (χ4n) is 2.74. The molecule has 24 heavy (non-hydrogen) atoms. The molecule has 0 aliphatic carbocycles. The van der Waals surface area contributed by atoms with E-state index in [0.29, 0.717) is 30.6 Å². The minimum atomic E-state index is -0.372. The molecule has 2 aromatic rings. The van der Waals surface area contributed by atoms with Crippen LogP contribution in [0.3, 0.4) is 0 Å². The zero-order valence-electron chi connectivity index (χ0n) is 14.0. The molecule has 0 fully saturated rings. The average molecular weight is 323 g/mol. The van der Waals surface area contributed by atoms with Crippen LogP contribution in [0, 0.1) is 25.2 Å². The van der Waals surface area contributed by atoms with Crippen molar-refractivity contribution in [3.05, 3.63) is 68.6 Å². The highest BCUT2D eigenvalue weighted by Crippen LogP contribution is 2.14. The van der Waals surface area contributed by atoms with E-state index in [1.165, 1.54) is 5.56 Å². The van der Waals surface area contributed by atoms with Crippen LogP contribution in [0.4, 0.5) is 0 Å². The summed E-state index contributed by atoms with van der Waals surface area (Å²) < 4.78 is 0. The Morgan fingerprint density at radius 3 is 2.58 bits per heavy atom. The van der Waals surface area contributed by atoms with Crippen LogP contribution in [-0.2, 0) is 17.6 Å². The van der Waals surface area contributed by atoms with Crippen LogP contribution in [0.1, 0.15) is 34.4 Å². The Labute approximate surface area is 141 Å². The normalized spacial score (nSPS) is 10.2. The van der Waals surface area contributed by atoms with E-state index in [-0.39, 0.29) is 17.0 Å². The molecular formula is C19H21N3O2. The third-order valence-corrected chi connectivity index (χ3v) is 4.10. The van der Waals surface area contributed by atoms with E-state index in [9.17, 15) is 9.59 Å². The standard InChI is InChI=1S/C19H21N3O2/c1-13-16(14(2)22-19(24)17(13)12-20)8-9-18(23)21-11-10-15-6-4-3-5-7-15/h3-7H,8-11H2,1-2H3,(H,21,23)(H,22,24). The molecule has 5 nitrogen and oxygen atoms in total. The first-order valence-electron chi connectivity index (χ1n) is 7.96. The largest absolute Gasteiger partial charge is 0.356 e. The summed E-state index contributed by atoms with van der Waals surface area (Å²) >= 11 is 0. The molecule has 5 heteroatoms. The molecule has 0 spiro atoms. The summed E-state index contributed by atoms with van der Waals surface area (Å²) in [7, 11) is 0. The van der Waals surface area contributed by atoms with E-state index < -0.39 is 0 Å². The van der Waals surface area contributed by atoms with Crippen molar-refractivity contribution in [3.8, 4) is 6.07 Å². The Hall–Kier alpha value is -2.87. The van der Waals surface area contributed by atoms with E-state index in [1.54, 1.807) is 13.8 Å². The monoisotopic (exact) mass is 323 g/mol. The number of nitriles is 1. The van der Waals surface area contributed by atoms with Gasteiger partial charge in [0.05, 0.1) is 0 Å². The van der Waals surface area contributed by atoms with Gasteiger partial charge in [-0.15, -0.1) is 0 Å². The Morgan fingerprint density at radius 2 is 1.92 bits per heavy atom. The van der Waals surface area contributed by atoms with Gasteiger partial charge in [-0.25, -0.2) is 0 Å². The van der Waals surface area contributed by atoms with Crippen molar-refractivity contribution in [3.63, 3.8) is 0 Å². The number of carbonyl (C=O) groups is 1. The van der Waals surface area contributed by atoms with Crippen molar-refractivity contribution in [2.75, 3.05) is 6.54 Å². The number of aryl methyl sites for hydroxylation is 1. The molecular weight excluding hydrogens is 302 g/mol. The number of nitrogens with one attached hydrogen (secondary N) is 2. The van der Waals surface area contributed by atoms with Crippen LogP contribution in [0.2, 0.25) is 0 Å². The predicted molar refractivity (Wildman–Crippen MR) is 92.7 cm³/mol. The quantitative estimate of drug-likeness (QED) is 0.854. The van der Waals surface area contributed by atoms with Crippen LogP contribution in [0.5, 0.6) is 0 Å². The third-order valence-electron chi connectivity index (χ3n) is 4.10. The van der Waals surface area contributed by atoms with Crippen LogP contribution < -0.4 is 10.9 Å². The highest BCUT2D eigenvalue weighted by atomic mass is 16.1. The number of rotatable bonds is 6. The number of carbonyl (C=O) groups excluding carboxylic acids is 1. The number of hydrogen-bond acceptors (Lipinski definition) is 3. The van der Waals surface area contributed by atoms with Gasteiger partial charge in [-0.1, -0.05) is 30.3 Å². The first-order valence-corrected chi connectivity index (χ1v) is 7.96. The number of nitrogens with zero attached hydrogens (tertiary/aromatic N) is 1. The molecule has 0 aliphatic rings. The smallest absolute Gasteiger partial charge is 0.266 e. The van der Waals surface area contributed by atoms with Crippen molar-refractivity contribution >= 4 is 5.91 Å². The summed E-state index contributed by atoms with van der Waals surface area (Å²) in [5.74, 6) is -0.0329. The van der Waals surface area contributed by atoms with Crippen molar-refractivity contribution < 1.29 is 4.79 Å². The first-order chi connectivity index (χ1) is 11.5. The molecule has 124 valence electrons. The fourth-order valence-corrected chi connectivity index (χ4v) is 2.74. The summed E-state index contributed by atoms with van der Waals surface area (Å²) in [5.41, 5.74) is 3.18. The average Bonchev–Trinajstić information content (AvgIpc) is 2.55. The van der Waals surface area contributed by atoms with Gasteiger partial charge in [0.25, 0.3) is 5.56 Å². The van der Waals surface area contributed by atoms with E-state index in [4.69, 9.17) is 5.26 Å². The van der Waals surface area contributed by atoms with Gasteiger partial charge < -0.3 is 10.3 Å². The Morgan fingerprint density at radius 1 is 1.21 bits per heavy atom. The van der Waals surface area contributed by atoms with Gasteiger partial charge in [0.2, 0.25) is 5.91 Å². The fraction of sp³-hybridized carbons (Fsp3) is 0.316. The Balaban J connectivity index is 1.90. The second-order valence-electron chi connectivity index (χ2n) is 5.76. The lowest BCUT2D eigenvalue weighted by Gasteiger charge is -2.11. The maximum atomic E-state index is 12.0. The minimum Gasteiger partial charge on any atom is -0.356 e. The number of amides is 1. The van der Waals surface area contributed by atoms with Crippen LogP contribution in [0.25, 0.3) is 0 Å². The second kappa shape index (κ2) is 8.11. The van der Waals surface area contributed by atoms with Gasteiger partial charge in [0.1, 0.15) is 11.6 Å². The molecule has 0 saturated heterocycles. The topological polar surface area (TPSA) is 85.8 Å². The molecule has 2 rings (SSSR count). The maximum Gasteiger partial charge on any atom is 0.266 e. The zero-order valence-corrected chi connectivity index (χ0v) is 14.0. The molecule has 0 aliphatic heterocycles. The molecule has 0 radical (unpaired) electrons. The lowest BCUT2D eigenvalue weighted by atomic mass is 9.99. The highest BCUT2D eigenvalue weighted by molar-refractivity contribution is 5.76. The summed E-state index contributed by atoms with van der Waals surface area (Å²) in [6.45, 7) is 4.14. The Bertz CT molecular complexity index is 817. The molecule has 0 saturated carbocycles. The van der Waals surface area contributed by atoms with Crippen LogP contribution >= 0.6 is 0 Å². The van der Waals surface area contributed by atoms with Gasteiger partial charge in [-0.2, -0.15) is 5.26 Å². The lowest BCUT2D eigenvalue weighted by Crippen LogP contribution is -2.26. The summed E-state index contributed by atoms with van der Waals surface area (Å²) in [6, 6.07) is 11.9. The second-order valence-corrected chi connectivity index (χ2v) is 5.76. The summed E-state index contributed by atoms with van der Waals surface area (Å²) in [6.07, 6.45) is 1.62. The highest BCUT2D eigenvalue weighted by Gasteiger charge is 2.13. The van der Waals surface area contributed by atoms with E-state index >= 15 is 0 Å². The number of hydrogen-bond donors (Lipinski definition) is 2. The third kappa shape index (κ3) is 4.32. The van der Waals surface area contributed by atoms with E-state index in [0.717, 1.165) is 12.0 Å². The number of H-pyrrole nitrogens is 1. The number of pyridine rings is 1. The number of benzene rings is 1. The molecule has 1 aromatic carbocycles. The van der Waals surface area contributed by atoms with Crippen molar-refractivity contribution in [2.45, 2.75) is 33.1 Å². The Kier molecular flexibility index (Phi) is 5.91. The van der Waals surface area contributed by atoms with Gasteiger partial charge in [0, 0.05) is 18.7 Å².